The Labute approximate surface area is 156 Å². The van der Waals surface area contributed by atoms with Gasteiger partial charge in [-0.05, 0) is 51.5 Å². The molecule has 0 aliphatic rings. The van der Waals surface area contributed by atoms with E-state index in [1.807, 2.05) is 27.7 Å². The smallest absolute Gasteiger partial charge is 0.241 e. The largest absolute Gasteiger partial charge is 0.491 e. The lowest BCUT2D eigenvalue weighted by atomic mass is 10.0. The van der Waals surface area contributed by atoms with Gasteiger partial charge in [-0.25, -0.2) is 0 Å². The molecule has 0 saturated heterocycles. The fourth-order valence-electron chi connectivity index (χ4n) is 2.20. The van der Waals surface area contributed by atoms with Gasteiger partial charge >= 0.3 is 0 Å². The summed E-state index contributed by atoms with van der Waals surface area (Å²) in [5, 5.41) is 25.0. The van der Waals surface area contributed by atoms with Gasteiger partial charge in [-0.3, -0.25) is 4.79 Å². The molecule has 26 heavy (non-hydrogen) atoms. The number of nitrogens with one attached hydrogen (secondary N) is 2. The number of ether oxygens (including phenoxy) is 1. The average Bonchev–Trinajstić information content (AvgIpc) is 2.59. The van der Waals surface area contributed by atoms with Crippen LogP contribution < -0.4 is 15.4 Å². The maximum Gasteiger partial charge on any atom is 0.241 e. The Kier molecular flexibility index (Phi) is 9.11. The zero-order chi connectivity index (χ0) is 19.6. The number of aliphatic hydroxyl groups is 1. The number of unbranched alkanes of at least 4 members (excludes halogenated alkanes) is 1. The van der Waals surface area contributed by atoms with Crippen LogP contribution in [0.25, 0.3) is 0 Å². The minimum Gasteiger partial charge on any atom is -0.491 e. The summed E-state index contributed by atoms with van der Waals surface area (Å²) >= 11 is 0. The van der Waals surface area contributed by atoms with Gasteiger partial charge in [0.25, 0.3) is 0 Å². The molecule has 3 N–H and O–H groups in total. The second kappa shape index (κ2) is 10.8. The predicted molar refractivity (Wildman–Crippen MR) is 103 cm³/mol. The lowest BCUT2D eigenvalue weighted by Crippen LogP contribution is -2.42. The summed E-state index contributed by atoms with van der Waals surface area (Å²) in [5.74, 6) is -0.296. The number of carbonyl (C=O) groups excluding carboxylic acids is 1. The van der Waals surface area contributed by atoms with E-state index in [1.54, 1.807) is 24.3 Å². The van der Waals surface area contributed by atoms with Crippen molar-refractivity contribution in [1.82, 2.24) is 5.32 Å². The van der Waals surface area contributed by atoms with Crippen molar-refractivity contribution in [3.8, 4) is 11.8 Å². The molecule has 0 radical (unpaired) electrons. The minimum atomic E-state index is -0.628. The van der Waals surface area contributed by atoms with Gasteiger partial charge in [0.05, 0.1) is 6.07 Å². The van der Waals surface area contributed by atoms with Crippen LogP contribution in [0.1, 0.15) is 47.0 Å². The molecule has 1 rings (SSSR count). The molecular formula is C20H31N3O3. The summed E-state index contributed by atoms with van der Waals surface area (Å²) in [5.41, 5.74) is 0.563. The molecule has 1 amide bonds. The first-order chi connectivity index (χ1) is 12.2. The number of aliphatic hydroxyl groups excluding tert-OH is 1. The van der Waals surface area contributed by atoms with Crippen molar-refractivity contribution >= 4 is 11.6 Å². The van der Waals surface area contributed by atoms with Crippen molar-refractivity contribution in [2.75, 3.05) is 18.5 Å². The Morgan fingerprint density at radius 2 is 1.96 bits per heavy atom. The first kappa shape index (κ1) is 21.9. The Morgan fingerprint density at radius 3 is 2.50 bits per heavy atom. The average molecular weight is 361 g/mol. The maximum atomic E-state index is 12.1. The van der Waals surface area contributed by atoms with Crippen LogP contribution in [0, 0.1) is 17.2 Å². The number of amides is 1. The highest BCUT2D eigenvalue weighted by molar-refractivity contribution is 5.94. The quantitative estimate of drug-likeness (QED) is 0.595. The van der Waals surface area contributed by atoms with Crippen LogP contribution in [0.3, 0.4) is 0 Å². The molecule has 0 bridgehead atoms. The van der Waals surface area contributed by atoms with Crippen molar-refractivity contribution in [3.05, 3.63) is 24.3 Å². The number of benzene rings is 1. The Bertz CT molecular complexity index is 588. The van der Waals surface area contributed by atoms with Gasteiger partial charge in [-0.1, -0.05) is 19.8 Å². The summed E-state index contributed by atoms with van der Waals surface area (Å²) < 4.78 is 5.56. The molecule has 6 heteroatoms. The van der Waals surface area contributed by atoms with Gasteiger partial charge in [0.15, 0.2) is 0 Å². The number of anilines is 1. The van der Waals surface area contributed by atoms with Crippen molar-refractivity contribution < 1.29 is 14.6 Å². The van der Waals surface area contributed by atoms with Crippen LogP contribution in [-0.4, -0.2) is 35.8 Å². The molecule has 1 aromatic rings. The van der Waals surface area contributed by atoms with Crippen molar-refractivity contribution in [2.45, 2.75) is 58.6 Å². The lowest BCUT2D eigenvalue weighted by molar-refractivity contribution is -0.118. The van der Waals surface area contributed by atoms with Crippen LogP contribution >= 0.6 is 0 Å². The lowest BCUT2D eigenvalue weighted by Gasteiger charge is -2.23. The number of hydrogen-bond donors (Lipinski definition) is 3. The summed E-state index contributed by atoms with van der Waals surface area (Å²) in [4.78, 5) is 12.1. The zero-order valence-electron chi connectivity index (χ0n) is 16.2. The molecule has 0 aliphatic carbocycles. The highest BCUT2D eigenvalue weighted by Crippen LogP contribution is 2.18. The van der Waals surface area contributed by atoms with E-state index in [4.69, 9.17) is 10.00 Å². The van der Waals surface area contributed by atoms with Crippen LogP contribution in [-0.2, 0) is 4.79 Å². The number of rotatable bonds is 10. The third-order valence-electron chi connectivity index (χ3n) is 3.75. The zero-order valence-corrected chi connectivity index (χ0v) is 16.2. The monoisotopic (exact) mass is 361 g/mol. The summed E-state index contributed by atoms with van der Waals surface area (Å²) in [6.45, 7) is 8.76. The van der Waals surface area contributed by atoms with Gasteiger partial charge in [0, 0.05) is 17.8 Å². The van der Waals surface area contributed by atoms with E-state index >= 15 is 0 Å². The van der Waals surface area contributed by atoms with Gasteiger partial charge in [-0.15, -0.1) is 0 Å². The fraction of sp³-hybridized carbons (Fsp3) is 0.600. The molecule has 2 atom stereocenters. The molecule has 0 aliphatic heterocycles. The van der Waals surface area contributed by atoms with Crippen LogP contribution in [0.4, 0.5) is 5.69 Å². The molecule has 0 heterocycles. The Hall–Kier alpha value is -2.10. The molecule has 0 aromatic heterocycles. The summed E-state index contributed by atoms with van der Waals surface area (Å²) in [7, 11) is 0. The van der Waals surface area contributed by atoms with Crippen LogP contribution in [0.5, 0.6) is 5.75 Å². The number of nitrogens with zero attached hydrogens (tertiary/aromatic N) is 1. The third-order valence-corrected chi connectivity index (χ3v) is 3.75. The van der Waals surface area contributed by atoms with Crippen molar-refractivity contribution in [2.24, 2.45) is 5.92 Å². The van der Waals surface area contributed by atoms with Gasteiger partial charge < -0.3 is 20.5 Å². The highest BCUT2D eigenvalue weighted by Gasteiger charge is 2.17. The summed E-state index contributed by atoms with van der Waals surface area (Å²) in [6.07, 6.45) is 1.77. The molecule has 0 saturated carbocycles. The van der Waals surface area contributed by atoms with E-state index in [2.05, 4.69) is 16.7 Å². The molecule has 2 unspecified atom stereocenters. The SMILES string of the molecule is CCCCC(C#N)C(=O)Nc1ccc(OCC(O)CNC(C)(C)C)cc1. The fourth-order valence-corrected chi connectivity index (χ4v) is 2.20. The van der Waals surface area contributed by atoms with Gasteiger partial charge in [0.2, 0.25) is 5.91 Å². The molecule has 1 aromatic carbocycles. The highest BCUT2D eigenvalue weighted by atomic mass is 16.5. The number of β-amino-alcohol motifs (C(OH)–C–C–N with tert-alkyl or cyclic N) is 1. The molecular weight excluding hydrogens is 330 g/mol. The minimum absolute atomic E-state index is 0.0563. The van der Waals surface area contributed by atoms with E-state index in [9.17, 15) is 9.90 Å². The van der Waals surface area contributed by atoms with E-state index in [-0.39, 0.29) is 18.1 Å². The topological polar surface area (TPSA) is 94.4 Å². The Morgan fingerprint density at radius 1 is 1.31 bits per heavy atom. The standard InChI is InChI=1S/C20H31N3O3/c1-5-6-7-15(12-21)19(25)23-16-8-10-18(11-9-16)26-14-17(24)13-22-20(2,3)4/h8-11,15,17,22,24H,5-7,13-14H2,1-4H3,(H,23,25). The predicted octanol–water partition coefficient (Wildman–Crippen LogP) is 3.08. The summed E-state index contributed by atoms with van der Waals surface area (Å²) in [6, 6.07) is 8.96. The molecule has 0 fully saturated rings. The number of carbonyl (C=O) groups is 1. The first-order valence-electron chi connectivity index (χ1n) is 9.11. The number of nitriles is 1. The maximum absolute atomic E-state index is 12.1. The normalized spacial score (nSPS) is 13.5. The second-order valence-electron chi connectivity index (χ2n) is 7.43. The van der Waals surface area contributed by atoms with Gasteiger partial charge in [0.1, 0.15) is 24.4 Å². The van der Waals surface area contributed by atoms with Crippen LogP contribution in [0.15, 0.2) is 24.3 Å². The van der Waals surface area contributed by atoms with E-state index in [0.29, 0.717) is 24.4 Å². The number of hydrogen-bond acceptors (Lipinski definition) is 5. The molecule has 0 spiro atoms. The van der Waals surface area contributed by atoms with Crippen LogP contribution in [0.2, 0.25) is 0 Å². The van der Waals surface area contributed by atoms with E-state index in [1.165, 1.54) is 0 Å². The first-order valence-corrected chi connectivity index (χ1v) is 9.11. The third kappa shape index (κ3) is 8.84. The molecule has 144 valence electrons. The second-order valence-corrected chi connectivity index (χ2v) is 7.43. The van der Waals surface area contributed by atoms with Crippen molar-refractivity contribution in [1.29, 1.82) is 5.26 Å². The van der Waals surface area contributed by atoms with Gasteiger partial charge in [-0.2, -0.15) is 5.26 Å². The van der Waals surface area contributed by atoms with E-state index in [0.717, 1.165) is 12.8 Å². The van der Waals surface area contributed by atoms with Crippen molar-refractivity contribution in [3.63, 3.8) is 0 Å². The van der Waals surface area contributed by atoms with E-state index < -0.39 is 12.0 Å². The molecule has 6 nitrogen and oxygen atoms in total. The Balaban J connectivity index is 2.45.